The van der Waals surface area contributed by atoms with Gasteiger partial charge in [-0.25, -0.2) is 0 Å². The van der Waals surface area contributed by atoms with Crippen LogP contribution in [0, 0.1) is 31.1 Å². The minimum atomic E-state index is -0.620. The molecule has 2 aliphatic rings. The van der Waals surface area contributed by atoms with Gasteiger partial charge in [0.05, 0.1) is 23.8 Å². The van der Waals surface area contributed by atoms with Crippen LogP contribution in [0.4, 0.5) is 0 Å². The van der Waals surface area contributed by atoms with Gasteiger partial charge in [0, 0.05) is 34.7 Å². The Bertz CT molecular complexity index is 981. The molecule has 1 N–H and O–H groups in total. The maximum Gasteiger partial charge on any atom is 0.178 e. The Morgan fingerprint density at radius 1 is 1.28 bits per heavy atom. The molecule has 3 heterocycles. The maximum absolute atomic E-state index is 13.3. The van der Waals surface area contributed by atoms with E-state index in [0.717, 1.165) is 41.9 Å². The summed E-state index contributed by atoms with van der Waals surface area (Å²) in [7, 11) is 0. The van der Waals surface area contributed by atoms with Crippen molar-refractivity contribution in [3.05, 3.63) is 52.8 Å². The number of nitrogens with zero attached hydrogens (tertiary/aromatic N) is 3. The van der Waals surface area contributed by atoms with Gasteiger partial charge in [-0.15, -0.1) is 0 Å². The zero-order valence-corrected chi connectivity index (χ0v) is 17.6. The Balaban J connectivity index is 1.58. The molecule has 5 heteroatoms. The van der Waals surface area contributed by atoms with Crippen molar-refractivity contribution in [3.8, 4) is 11.8 Å². The van der Waals surface area contributed by atoms with Crippen molar-refractivity contribution in [2.45, 2.75) is 64.6 Å². The Labute approximate surface area is 172 Å². The van der Waals surface area contributed by atoms with E-state index in [0.29, 0.717) is 18.0 Å². The number of hydrogen-bond acceptors (Lipinski definition) is 4. The third kappa shape index (κ3) is 3.52. The summed E-state index contributed by atoms with van der Waals surface area (Å²) in [6.07, 6.45) is 2.53. The molecule has 4 atom stereocenters. The Morgan fingerprint density at radius 2 is 1.97 bits per heavy atom. The van der Waals surface area contributed by atoms with Crippen LogP contribution in [0.15, 0.2) is 30.3 Å². The van der Waals surface area contributed by atoms with Gasteiger partial charge >= 0.3 is 0 Å². The van der Waals surface area contributed by atoms with Gasteiger partial charge in [0.2, 0.25) is 0 Å². The molecular formula is C24H29N3O2. The number of nitriles is 1. The largest absolute Gasteiger partial charge is 0.390 e. The van der Waals surface area contributed by atoms with Gasteiger partial charge in [-0.1, -0.05) is 6.92 Å². The molecule has 2 aromatic rings. The minimum Gasteiger partial charge on any atom is -0.390 e. The number of rotatable bonds is 4. The van der Waals surface area contributed by atoms with Crippen molar-refractivity contribution in [1.29, 1.82) is 5.26 Å². The van der Waals surface area contributed by atoms with Gasteiger partial charge in [-0.05, 0) is 76.3 Å². The quantitative estimate of drug-likeness (QED) is 0.806. The summed E-state index contributed by atoms with van der Waals surface area (Å²) >= 11 is 0. The lowest BCUT2D eigenvalue weighted by atomic mass is 9.86. The number of benzene rings is 1. The number of aromatic nitrogens is 1. The standard InChI is InChI=1S/C24H29N3O2/c1-15-9-20-11-24(4,29)12-22(15)26(20)14-23(28)21-10-16(2)27(17(21)3)19-7-5-18(13-25)6-8-19/h5-8,10,15,20,22,29H,9,11-12,14H2,1-4H3/t15-,20+,22-,24-/m0/s1. The summed E-state index contributed by atoms with van der Waals surface area (Å²) in [5.74, 6) is 0.650. The summed E-state index contributed by atoms with van der Waals surface area (Å²) in [5, 5.41) is 19.6. The van der Waals surface area contributed by atoms with Crippen LogP contribution < -0.4 is 0 Å². The Morgan fingerprint density at radius 3 is 2.59 bits per heavy atom. The monoisotopic (exact) mass is 391 g/mol. The molecule has 1 aromatic carbocycles. The first-order chi connectivity index (χ1) is 13.7. The molecular weight excluding hydrogens is 362 g/mol. The molecule has 2 aliphatic heterocycles. The maximum atomic E-state index is 13.3. The van der Waals surface area contributed by atoms with E-state index in [4.69, 9.17) is 5.26 Å². The van der Waals surface area contributed by atoms with Crippen LogP contribution >= 0.6 is 0 Å². The van der Waals surface area contributed by atoms with Crippen LogP contribution in [0.2, 0.25) is 0 Å². The second kappa shape index (κ2) is 7.12. The fourth-order valence-corrected chi connectivity index (χ4v) is 5.50. The van der Waals surface area contributed by atoms with Crippen LogP contribution in [0.25, 0.3) is 5.69 Å². The molecule has 0 saturated carbocycles. The number of carbonyl (C=O) groups excluding carboxylic acids is 1. The molecule has 0 spiro atoms. The van der Waals surface area contributed by atoms with Crippen LogP contribution in [-0.4, -0.2) is 44.6 Å². The molecule has 29 heavy (non-hydrogen) atoms. The molecule has 152 valence electrons. The fraction of sp³-hybridized carbons (Fsp3) is 0.500. The minimum absolute atomic E-state index is 0.142. The SMILES string of the molecule is Cc1cc(C(=O)CN2[C@@H]3C[C@H](C)[C@@H]2C[C@@](C)(O)C3)c(C)n1-c1ccc(C#N)cc1. The van der Waals surface area contributed by atoms with E-state index < -0.39 is 5.60 Å². The molecule has 5 nitrogen and oxygen atoms in total. The lowest BCUT2D eigenvalue weighted by Gasteiger charge is -2.42. The number of Topliss-reactive ketones (excluding diaryl/α,β-unsaturated/α-hetero) is 1. The summed E-state index contributed by atoms with van der Waals surface area (Å²) in [6, 6.07) is 12.1. The van der Waals surface area contributed by atoms with Gasteiger partial charge in [-0.3, -0.25) is 9.69 Å². The van der Waals surface area contributed by atoms with Crippen LogP contribution in [0.3, 0.4) is 0 Å². The van der Waals surface area contributed by atoms with Crippen molar-refractivity contribution in [1.82, 2.24) is 9.47 Å². The van der Waals surface area contributed by atoms with Gasteiger partial charge in [0.15, 0.2) is 5.78 Å². The van der Waals surface area contributed by atoms with E-state index in [2.05, 4.69) is 22.5 Å². The van der Waals surface area contributed by atoms with E-state index in [1.54, 1.807) is 12.1 Å². The molecule has 4 rings (SSSR count). The molecule has 0 unspecified atom stereocenters. The van der Waals surface area contributed by atoms with E-state index in [1.807, 2.05) is 39.0 Å². The highest BCUT2D eigenvalue weighted by molar-refractivity contribution is 5.99. The van der Waals surface area contributed by atoms with Crippen LogP contribution in [0.1, 0.15) is 60.4 Å². The molecule has 0 aliphatic carbocycles. The third-order valence-electron chi connectivity index (χ3n) is 6.83. The van der Waals surface area contributed by atoms with Crippen LogP contribution in [-0.2, 0) is 0 Å². The van der Waals surface area contributed by atoms with Crippen molar-refractivity contribution in [3.63, 3.8) is 0 Å². The number of piperidine rings is 1. The average molecular weight is 392 g/mol. The number of ketones is 1. The number of fused-ring (bicyclic) bond motifs is 2. The zero-order valence-electron chi connectivity index (χ0n) is 17.6. The third-order valence-corrected chi connectivity index (χ3v) is 6.83. The van der Waals surface area contributed by atoms with Crippen LogP contribution in [0.5, 0.6) is 0 Å². The van der Waals surface area contributed by atoms with E-state index >= 15 is 0 Å². The highest BCUT2D eigenvalue weighted by atomic mass is 16.3. The number of aryl methyl sites for hydroxylation is 1. The van der Waals surface area contributed by atoms with E-state index in [9.17, 15) is 9.90 Å². The second-order valence-electron chi connectivity index (χ2n) is 9.21. The summed E-state index contributed by atoms with van der Waals surface area (Å²) in [4.78, 5) is 15.6. The predicted molar refractivity (Wildman–Crippen MR) is 112 cm³/mol. The van der Waals surface area contributed by atoms with Gasteiger partial charge in [-0.2, -0.15) is 5.26 Å². The van der Waals surface area contributed by atoms with E-state index in [-0.39, 0.29) is 17.9 Å². The van der Waals surface area contributed by atoms with Crippen molar-refractivity contribution in [2.24, 2.45) is 5.92 Å². The summed E-state index contributed by atoms with van der Waals surface area (Å²) in [5.41, 5.74) is 3.66. The van der Waals surface area contributed by atoms with Gasteiger partial charge in [0.25, 0.3) is 0 Å². The highest BCUT2D eigenvalue weighted by Gasteiger charge is 2.49. The molecule has 1 aromatic heterocycles. The highest BCUT2D eigenvalue weighted by Crippen LogP contribution is 2.43. The van der Waals surface area contributed by atoms with Gasteiger partial charge in [0.1, 0.15) is 0 Å². The zero-order chi connectivity index (χ0) is 20.9. The summed E-state index contributed by atoms with van der Waals surface area (Å²) < 4.78 is 2.08. The topological polar surface area (TPSA) is 69.3 Å². The number of carbonyl (C=O) groups is 1. The molecule has 0 radical (unpaired) electrons. The predicted octanol–water partition coefficient (Wildman–Crippen LogP) is 3.77. The Hall–Kier alpha value is -2.42. The van der Waals surface area contributed by atoms with Crippen molar-refractivity contribution in [2.75, 3.05) is 6.54 Å². The summed E-state index contributed by atoms with van der Waals surface area (Å²) in [6.45, 7) is 8.56. The normalized spacial score (nSPS) is 29.0. The Kier molecular flexibility index (Phi) is 4.88. The second-order valence-corrected chi connectivity index (χ2v) is 9.21. The molecule has 2 saturated heterocycles. The van der Waals surface area contributed by atoms with Crippen molar-refractivity contribution >= 4 is 5.78 Å². The first kappa shape index (κ1) is 19.9. The number of hydrogen-bond donors (Lipinski definition) is 1. The van der Waals surface area contributed by atoms with E-state index in [1.165, 1.54) is 0 Å². The smallest absolute Gasteiger partial charge is 0.178 e. The fourth-order valence-electron chi connectivity index (χ4n) is 5.50. The molecule has 2 bridgehead atoms. The average Bonchev–Trinajstić information content (AvgIpc) is 3.06. The molecule has 2 fully saturated rings. The number of aliphatic hydroxyl groups is 1. The van der Waals surface area contributed by atoms with Crippen molar-refractivity contribution < 1.29 is 9.90 Å². The first-order valence-corrected chi connectivity index (χ1v) is 10.4. The molecule has 0 amide bonds. The lowest BCUT2D eigenvalue weighted by Crippen LogP contribution is -2.52. The lowest BCUT2D eigenvalue weighted by molar-refractivity contribution is -0.0393. The first-order valence-electron chi connectivity index (χ1n) is 10.4. The van der Waals surface area contributed by atoms with Gasteiger partial charge < -0.3 is 9.67 Å².